The van der Waals surface area contributed by atoms with Crippen LogP contribution in [0.3, 0.4) is 0 Å². The van der Waals surface area contributed by atoms with E-state index in [1.54, 1.807) is 36.4 Å². The summed E-state index contributed by atoms with van der Waals surface area (Å²) < 4.78 is 31.6. The van der Waals surface area contributed by atoms with E-state index >= 15 is 0 Å². The van der Waals surface area contributed by atoms with Crippen molar-refractivity contribution >= 4 is 96.9 Å². The molecule has 0 heterocycles. The molecule has 0 spiro atoms. The highest BCUT2D eigenvalue weighted by molar-refractivity contribution is 9.11. The summed E-state index contributed by atoms with van der Waals surface area (Å²) in [5.41, 5.74) is 15.4. The Morgan fingerprint density at radius 2 is 1.02 bits per heavy atom. The molecule has 5 aromatic rings. The van der Waals surface area contributed by atoms with Gasteiger partial charge in [0.15, 0.2) is 0 Å². The molecule has 0 aliphatic carbocycles. The van der Waals surface area contributed by atoms with E-state index in [1.807, 2.05) is 76.2 Å². The third-order valence-corrected chi connectivity index (χ3v) is 13.5. The van der Waals surface area contributed by atoms with Crippen molar-refractivity contribution in [2.24, 2.45) is 0 Å². The van der Waals surface area contributed by atoms with Crippen LogP contribution in [0.5, 0.6) is 0 Å². The van der Waals surface area contributed by atoms with Gasteiger partial charge in [0.1, 0.15) is 0 Å². The number of hydrogen-bond acceptors (Lipinski definition) is 5. The van der Waals surface area contributed by atoms with E-state index in [4.69, 9.17) is 5.73 Å². The van der Waals surface area contributed by atoms with Crippen molar-refractivity contribution in [1.29, 1.82) is 0 Å². The summed E-state index contributed by atoms with van der Waals surface area (Å²) in [4.78, 5) is 24.6. The molecule has 2 amide bonds. The van der Waals surface area contributed by atoms with E-state index in [0.717, 1.165) is 68.9 Å². The average molecular weight is 1040 g/mol. The number of hydrogen-bond donors (Lipinski definition) is 4. The van der Waals surface area contributed by atoms with Gasteiger partial charge >= 0.3 is 0 Å². The SMILES string of the molecule is C.Cc1cc(CCNC(=O)Cc2cc(Br)c(C)c(Br)c2)ccc1N.Cc1cc(CCNC(=O)Cc2cc(Br)c(C)c(Br)c2)ccc1NS(=O)(=O)c1ccccc1. The maximum absolute atomic E-state index is 12.5. The highest BCUT2D eigenvalue weighted by Crippen LogP contribution is 2.28. The maximum atomic E-state index is 12.5. The molecule has 0 fully saturated rings. The van der Waals surface area contributed by atoms with Crippen molar-refractivity contribution in [2.75, 3.05) is 23.5 Å². The topological polar surface area (TPSA) is 130 Å². The standard InChI is InChI=1S/C24H24Br2N2O3S.C18H20Br2N2O.CH4/c1-16-12-18(8-9-23(16)28-32(30,31)20-6-4-3-5-7-20)10-11-27-24(29)15-19-13-21(25)17(2)22(26)14-19;1-11-7-13(3-4-17(11)21)5-6-22-18(23)10-14-8-15(19)12(2)16(20)9-14;/h3-9,12-14,28H,10-11,15H2,1-2H3,(H,27,29);3-4,7-9H,5-6,10,21H2,1-2H3,(H,22,23);1H4. The van der Waals surface area contributed by atoms with Crippen LogP contribution in [0.2, 0.25) is 0 Å². The van der Waals surface area contributed by atoms with E-state index in [2.05, 4.69) is 85.1 Å². The van der Waals surface area contributed by atoms with E-state index in [1.165, 1.54) is 5.56 Å². The lowest BCUT2D eigenvalue weighted by atomic mass is 10.1. The lowest BCUT2D eigenvalue weighted by Crippen LogP contribution is -2.27. The first-order valence-electron chi connectivity index (χ1n) is 17.5. The van der Waals surface area contributed by atoms with Gasteiger partial charge in [0, 0.05) is 36.7 Å². The monoisotopic (exact) mass is 1030 g/mol. The van der Waals surface area contributed by atoms with Crippen molar-refractivity contribution in [3.8, 4) is 0 Å². The minimum absolute atomic E-state index is 0. The quantitative estimate of drug-likeness (QED) is 0.0873. The van der Waals surface area contributed by atoms with Crippen LogP contribution >= 0.6 is 63.7 Å². The van der Waals surface area contributed by atoms with Crippen molar-refractivity contribution in [3.63, 3.8) is 0 Å². The summed E-state index contributed by atoms with van der Waals surface area (Å²) in [5.74, 6) is -0.0172. The summed E-state index contributed by atoms with van der Waals surface area (Å²) in [6, 6.07) is 27.7. The highest BCUT2D eigenvalue weighted by Gasteiger charge is 2.15. The predicted molar refractivity (Wildman–Crippen MR) is 245 cm³/mol. The van der Waals surface area contributed by atoms with Gasteiger partial charge in [-0.1, -0.05) is 114 Å². The van der Waals surface area contributed by atoms with E-state index in [9.17, 15) is 18.0 Å². The second-order valence-corrected chi connectivity index (χ2v) is 18.3. The first-order chi connectivity index (χ1) is 26.0. The molecule has 0 unspecified atom stereocenters. The maximum Gasteiger partial charge on any atom is 0.261 e. The molecule has 0 aliphatic rings. The predicted octanol–water partition coefficient (Wildman–Crippen LogP) is 10.5. The van der Waals surface area contributed by atoms with Gasteiger partial charge in [-0.25, -0.2) is 8.42 Å². The van der Waals surface area contributed by atoms with Gasteiger partial charge in [0.05, 0.1) is 23.4 Å². The Hall–Kier alpha value is -3.49. The van der Waals surface area contributed by atoms with E-state index in [0.29, 0.717) is 38.0 Å². The number of rotatable bonds is 13. The summed E-state index contributed by atoms with van der Waals surface area (Å²) >= 11 is 14.0. The number of sulfonamides is 1. The van der Waals surface area contributed by atoms with Crippen LogP contribution in [0.1, 0.15) is 51.9 Å². The molecule has 13 heteroatoms. The Morgan fingerprint density at radius 1 is 0.589 bits per heavy atom. The summed E-state index contributed by atoms with van der Waals surface area (Å²) in [5, 5.41) is 5.91. The van der Waals surface area contributed by atoms with Crippen LogP contribution < -0.4 is 21.1 Å². The molecule has 0 saturated carbocycles. The molecule has 0 aliphatic heterocycles. The van der Waals surface area contributed by atoms with Crippen LogP contribution in [-0.4, -0.2) is 33.3 Å². The van der Waals surface area contributed by atoms with Crippen LogP contribution in [0, 0.1) is 27.7 Å². The molecule has 0 bridgehead atoms. The fourth-order valence-corrected chi connectivity index (χ4v) is 9.19. The Kier molecular flexibility index (Phi) is 18.3. The summed E-state index contributed by atoms with van der Waals surface area (Å²) in [7, 11) is -3.63. The molecule has 0 radical (unpaired) electrons. The first kappa shape index (κ1) is 46.9. The fraction of sp³-hybridized carbons (Fsp3) is 0.256. The smallest absolute Gasteiger partial charge is 0.261 e. The van der Waals surface area contributed by atoms with Gasteiger partial charge in [-0.05, 0) is 134 Å². The summed E-state index contributed by atoms with van der Waals surface area (Å²) in [6.07, 6.45) is 2.13. The molecule has 56 heavy (non-hydrogen) atoms. The molecule has 0 atom stereocenters. The van der Waals surface area contributed by atoms with Crippen molar-refractivity contribution in [2.45, 2.75) is 65.7 Å². The number of benzene rings is 5. The number of nitrogens with two attached hydrogens (primary N) is 1. The normalized spacial score (nSPS) is 10.8. The van der Waals surface area contributed by atoms with Gasteiger partial charge in [0.2, 0.25) is 11.8 Å². The third-order valence-electron chi connectivity index (χ3n) is 8.81. The molecule has 0 aromatic heterocycles. The number of amides is 2. The zero-order valence-corrected chi connectivity index (χ0v) is 38.2. The zero-order chi connectivity index (χ0) is 40.3. The lowest BCUT2D eigenvalue weighted by Gasteiger charge is -2.12. The molecular weight excluding hydrogens is 988 g/mol. The number of nitrogen functional groups attached to an aromatic ring is 1. The second kappa shape index (κ2) is 21.9. The number of carbonyl (C=O) groups excluding carboxylic acids is 2. The van der Waals surface area contributed by atoms with E-state index < -0.39 is 10.0 Å². The Labute approximate surface area is 365 Å². The first-order valence-corrected chi connectivity index (χ1v) is 22.1. The Morgan fingerprint density at radius 3 is 1.45 bits per heavy atom. The number of aryl methyl sites for hydroxylation is 2. The van der Waals surface area contributed by atoms with Gasteiger partial charge in [-0.2, -0.15) is 0 Å². The Balaban J connectivity index is 0.000000311. The molecule has 298 valence electrons. The molecule has 0 saturated heterocycles. The van der Waals surface area contributed by atoms with Crippen molar-refractivity contribution < 1.29 is 18.0 Å². The minimum atomic E-state index is -3.63. The third kappa shape index (κ3) is 14.2. The van der Waals surface area contributed by atoms with Crippen LogP contribution in [-0.2, 0) is 45.3 Å². The number of anilines is 2. The van der Waals surface area contributed by atoms with Gasteiger partial charge in [-0.15, -0.1) is 0 Å². The van der Waals surface area contributed by atoms with Crippen LogP contribution in [0.15, 0.2) is 114 Å². The van der Waals surface area contributed by atoms with Gasteiger partial charge in [-0.3, -0.25) is 14.3 Å². The van der Waals surface area contributed by atoms with Gasteiger partial charge < -0.3 is 16.4 Å². The molecule has 5 rings (SSSR count). The number of carbonyl (C=O) groups is 2. The average Bonchev–Trinajstić information content (AvgIpc) is 3.12. The molecular formula is C43H48Br4N4O4S. The van der Waals surface area contributed by atoms with E-state index in [-0.39, 0.29) is 24.1 Å². The van der Waals surface area contributed by atoms with Crippen molar-refractivity contribution in [3.05, 3.63) is 153 Å². The van der Waals surface area contributed by atoms with Crippen LogP contribution in [0.4, 0.5) is 11.4 Å². The Bertz CT molecular complexity index is 2220. The molecule has 5 N–H and O–H groups in total. The fourth-order valence-electron chi connectivity index (χ4n) is 5.48. The second-order valence-electron chi connectivity index (χ2n) is 13.2. The summed E-state index contributed by atoms with van der Waals surface area (Å²) in [6.45, 7) is 8.99. The molecule has 8 nitrogen and oxygen atoms in total. The van der Waals surface area contributed by atoms with Crippen LogP contribution in [0.25, 0.3) is 0 Å². The number of halogens is 4. The minimum Gasteiger partial charge on any atom is -0.399 e. The highest BCUT2D eigenvalue weighted by atomic mass is 79.9. The lowest BCUT2D eigenvalue weighted by molar-refractivity contribution is -0.121. The van der Waals surface area contributed by atoms with Gasteiger partial charge in [0.25, 0.3) is 10.0 Å². The van der Waals surface area contributed by atoms with Crippen molar-refractivity contribution in [1.82, 2.24) is 10.6 Å². The largest absolute Gasteiger partial charge is 0.399 e. The zero-order valence-electron chi connectivity index (χ0n) is 31.0. The molecule has 5 aromatic carbocycles. The number of nitrogens with one attached hydrogen (secondary N) is 3.